The molecule has 156 valence electrons. The summed E-state index contributed by atoms with van der Waals surface area (Å²) in [5.74, 6) is 0.395. The molecule has 0 bridgehead atoms. The molecule has 0 unspecified atom stereocenters. The number of ether oxygens (including phenoxy) is 4. The molecule has 7 nitrogen and oxygen atoms in total. The fraction of sp³-hybridized carbons (Fsp3) is 0.455. The van der Waals surface area contributed by atoms with Gasteiger partial charge in [0.15, 0.2) is 13.2 Å². The topological polar surface area (TPSA) is 76.0 Å². The standard InChI is InChI=1S/C22H27NO6/c1-15-11-20(16(2)23(15)12-19-5-4-10-27-19)21(24)13-29-22(25)14-28-18-8-6-17(26-3)7-9-18/h6-9,11,19H,4-5,10,12-14H2,1-3H3/t19-/m0/s1. The zero-order chi connectivity index (χ0) is 20.8. The average molecular weight is 401 g/mol. The first-order valence-electron chi connectivity index (χ1n) is 9.72. The molecule has 2 heterocycles. The van der Waals surface area contributed by atoms with Crippen molar-refractivity contribution in [2.24, 2.45) is 0 Å². The van der Waals surface area contributed by atoms with Crippen molar-refractivity contribution >= 4 is 11.8 Å². The number of ketones is 1. The Morgan fingerprint density at radius 3 is 2.52 bits per heavy atom. The van der Waals surface area contributed by atoms with Crippen LogP contribution in [0.4, 0.5) is 0 Å². The third-order valence-electron chi connectivity index (χ3n) is 5.06. The van der Waals surface area contributed by atoms with Gasteiger partial charge < -0.3 is 23.5 Å². The number of esters is 1. The van der Waals surface area contributed by atoms with Gasteiger partial charge in [-0.1, -0.05) is 0 Å². The normalized spacial score (nSPS) is 15.9. The Labute approximate surface area is 170 Å². The molecule has 0 spiro atoms. The maximum Gasteiger partial charge on any atom is 0.344 e. The first kappa shape index (κ1) is 20.9. The molecule has 1 fully saturated rings. The number of methoxy groups -OCH3 is 1. The minimum absolute atomic E-state index is 0.190. The van der Waals surface area contributed by atoms with Crippen molar-refractivity contribution < 1.29 is 28.5 Å². The number of carbonyl (C=O) groups excluding carboxylic acids is 2. The monoisotopic (exact) mass is 401 g/mol. The van der Waals surface area contributed by atoms with Crippen LogP contribution >= 0.6 is 0 Å². The van der Waals surface area contributed by atoms with Gasteiger partial charge in [-0.3, -0.25) is 4.79 Å². The molecule has 2 aromatic rings. The Hall–Kier alpha value is -2.80. The van der Waals surface area contributed by atoms with Crippen LogP contribution in [-0.4, -0.2) is 49.4 Å². The van der Waals surface area contributed by atoms with E-state index >= 15 is 0 Å². The largest absolute Gasteiger partial charge is 0.497 e. The number of aromatic nitrogens is 1. The molecular formula is C22H27NO6. The van der Waals surface area contributed by atoms with Crippen molar-refractivity contribution in [3.8, 4) is 11.5 Å². The molecule has 7 heteroatoms. The molecule has 1 atom stereocenters. The summed E-state index contributed by atoms with van der Waals surface area (Å²) in [7, 11) is 1.57. The second kappa shape index (κ2) is 9.60. The number of hydrogen-bond donors (Lipinski definition) is 0. The van der Waals surface area contributed by atoms with E-state index in [2.05, 4.69) is 4.57 Å². The van der Waals surface area contributed by atoms with Crippen LogP contribution in [0.3, 0.4) is 0 Å². The molecule has 0 radical (unpaired) electrons. The summed E-state index contributed by atoms with van der Waals surface area (Å²) in [5, 5.41) is 0. The highest BCUT2D eigenvalue weighted by molar-refractivity contribution is 5.99. The van der Waals surface area contributed by atoms with Gasteiger partial charge in [0.2, 0.25) is 5.78 Å². The Bertz CT molecular complexity index is 849. The van der Waals surface area contributed by atoms with E-state index in [1.165, 1.54) is 0 Å². The number of nitrogens with zero attached hydrogens (tertiary/aromatic N) is 1. The van der Waals surface area contributed by atoms with Crippen LogP contribution in [0.15, 0.2) is 30.3 Å². The van der Waals surface area contributed by atoms with Gasteiger partial charge in [0.25, 0.3) is 0 Å². The maximum absolute atomic E-state index is 12.5. The lowest BCUT2D eigenvalue weighted by Gasteiger charge is -2.14. The van der Waals surface area contributed by atoms with Gasteiger partial charge in [0.05, 0.1) is 13.2 Å². The Morgan fingerprint density at radius 2 is 1.86 bits per heavy atom. The highest BCUT2D eigenvalue weighted by Crippen LogP contribution is 2.21. The predicted molar refractivity (Wildman–Crippen MR) is 107 cm³/mol. The molecule has 0 N–H and O–H groups in total. The summed E-state index contributed by atoms with van der Waals surface area (Å²) in [4.78, 5) is 24.5. The molecule has 1 aliphatic heterocycles. The van der Waals surface area contributed by atoms with Crippen molar-refractivity contribution in [2.45, 2.75) is 39.3 Å². The van der Waals surface area contributed by atoms with Gasteiger partial charge in [-0.25, -0.2) is 4.79 Å². The van der Waals surface area contributed by atoms with Crippen LogP contribution in [-0.2, 0) is 20.8 Å². The number of benzene rings is 1. The van der Waals surface area contributed by atoms with Crippen molar-refractivity contribution in [3.63, 3.8) is 0 Å². The first-order valence-corrected chi connectivity index (χ1v) is 9.72. The smallest absolute Gasteiger partial charge is 0.344 e. The fourth-order valence-corrected chi connectivity index (χ4v) is 3.44. The lowest BCUT2D eigenvalue weighted by Crippen LogP contribution is -2.20. The number of carbonyl (C=O) groups is 2. The average Bonchev–Trinajstić information content (AvgIpc) is 3.34. The Morgan fingerprint density at radius 1 is 1.14 bits per heavy atom. The summed E-state index contributed by atoms with van der Waals surface area (Å²) in [6.07, 6.45) is 2.30. The van der Waals surface area contributed by atoms with E-state index < -0.39 is 5.97 Å². The van der Waals surface area contributed by atoms with Crippen LogP contribution in [0.1, 0.15) is 34.6 Å². The number of rotatable bonds is 9. The second-order valence-electron chi connectivity index (χ2n) is 7.08. The fourth-order valence-electron chi connectivity index (χ4n) is 3.44. The van der Waals surface area contributed by atoms with E-state index in [1.54, 1.807) is 31.4 Å². The molecule has 1 aromatic heterocycles. The van der Waals surface area contributed by atoms with Crippen molar-refractivity contribution in [3.05, 3.63) is 47.3 Å². The van der Waals surface area contributed by atoms with E-state index in [1.807, 2.05) is 19.9 Å². The third-order valence-corrected chi connectivity index (χ3v) is 5.06. The summed E-state index contributed by atoms with van der Waals surface area (Å²) in [6.45, 7) is 4.83. The summed E-state index contributed by atoms with van der Waals surface area (Å²) in [5.41, 5.74) is 2.44. The minimum atomic E-state index is -0.595. The van der Waals surface area contributed by atoms with Gasteiger partial charge in [0.1, 0.15) is 11.5 Å². The van der Waals surface area contributed by atoms with Crippen LogP contribution in [0.2, 0.25) is 0 Å². The summed E-state index contributed by atoms with van der Waals surface area (Å²) in [6, 6.07) is 8.70. The molecule has 3 rings (SSSR count). The highest BCUT2D eigenvalue weighted by atomic mass is 16.6. The lowest BCUT2D eigenvalue weighted by atomic mass is 10.1. The van der Waals surface area contributed by atoms with Gasteiger partial charge in [0, 0.05) is 30.1 Å². The Kier molecular flexibility index (Phi) is 6.93. The van der Waals surface area contributed by atoms with Gasteiger partial charge >= 0.3 is 5.97 Å². The van der Waals surface area contributed by atoms with Crippen LogP contribution in [0.5, 0.6) is 11.5 Å². The molecule has 0 aliphatic carbocycles. The summed E-state index contributed by atoms with van der Waals surface area (Å²) < 4.78 is 23.3. The van der Waals surface area contributed by atoms with Crippen molar-refractivity contribution in [2.75, 3.05) is 26.9 Å². The zero-order valence-corrected chi connectivity index (χ0v) is 17.1. The summed E-state index contributed by atoms with van der Waals surface area (Å²) >= 11 is 0. The van der Waals surface area contributed by atoms with Crippen LogP contribution < -0.4 is 9.47 Å². The van der Waals surface area contributed by atoms with Gasteiger partial charge in [-0.15, -0.1) is 0 Å². The van der Waals surface area contributed by atoms with E-state index in [0.717, 1.165) is 37.4 Å². The molecule has 1 aliphatic rings. The van der Waals surface area contributed by atoms with E-state index in [9.17, 15) is 9.59 Å². The van der Waals surface area contributed by atoms with Crippen molar-refractivity contribution in [1.82, 2.24) is 4.57 Å². The molecule has 0 amide bonds. The number of hydrogen-bond acceptors (Lipinski definition) is 6. The molecule has 1 aromatic carbocycles. The quantitative estimate of drug-likeness (QED) is 0.475. The molecule has 1 saturated heterocycles. The predicted octanol–water partition coefficient (Wildman–Crippen LogP) is 3.10. The minimum Gasteiger partial charge on any atom is -0.497 e. The van der Waals surface area contributed by atoms with Gasteiger partial charge in [-0.2, -0.15) is 0 Å². The first-order chi connectivity index (χ1) is 14.0. The van der Waals surface area contributed by atoms with Crippen LogP contribution in [0.25, 0.3) is 0 Å². The van der Waals surface area contributed by atoms with Gasteiger partial charge in [-0.05, 0) is 57.0 Å². The number of Topliss-reactive ketones (excluding diaryl/α,β-unsaturated/α-hetero) is 1. The highest BCUT2D eigenvalue weighted by Gasteiger charge is 2.21. The zero-order valence-electron chi connectivity index (χ0n) is 17.1. The SMILES string of the molecule is COc1ccc(OCC(=O)OCC(=O)c2cc(C)n(C[C@@H]3CCCO3)c2C)cc1. The number of aryl methyl sites for hydroxylation is 1. The third kappa shape index (κ3) is 5.38. The molecule has 29 heavy (non-hydrogen) atoms. The lowest BCUT2D eigenvalue weighted by molar-refractivity contribution is -0.144. The molecule has 0 saturated carbocycles. The van der Waals surface area contributed by atoms with E-state index in [-0.39, 0.29) is 25.1 Å². The van der Waals surface area contributed by atoms with Crippen molar-refractivity contribution in [1.29, 1.82) is 0 Å². The maximum atomic E-state index is 12.5. The molecular weight excluding hydrogens is 374 g/mol. The van der Waals surface area contributed by atoms with E-state index in [4.69, 9.17) is 18.9 Å². The van der Waals surface area contributed by atoms with Crippen LogP contribution in [0, 0.1) is 13.8 Å². The Balaban J connectivity index is 1.50. The second-order valence-corrected chi connectivity index (χ2v) is 7.08. The van der Waals surface area contributed by atoms with E-state index in [0.29, 0.717) is 17.1 Å².